The molecule has 1 aromatic carbocycles. The summed E-state index contributed by atoms with van der Waals surface area (Å²) < 4.78 is 0. The third-order valence-electron chi connectivity index (χ3n) is 3.40. The predicted octanol–water partition coefficient (Wildman–Crippen LogP) is 1.41. The number of likely N-dealkylation sites (N-methyl/N-ethyl adjacent to an activating group) is 1. The summed E-state index contributed by atoms with van der Waals surface area (Å²) in [5.74, 6) is 0.132. The van der Waals surface area contributed by atoms with E-state index < -0.39 is 6.10 Å². The summed E-state index contributed by atoms with van der Waals surface area (Å²) in [6.07, 6.45) is 0.438. The van der Waals surface area contributed by atoms with Crippen molar-refractivity contribution < 1.29 is 9.90 Å². The maximum Gasteiger partial charge on any atom is 0.241 e. The lowest BCUT2D eigenvalue weighted by Gasteiger charge is -2.25. The zero-order valence-corrected chi connectivity index (χ0v) is 11.0. The minimum absolute atomic E-state index is 0.132. The lowest BCUT2D eigenvalue weighted by molar-refractivity contribution is -0.127. The van der Waals surface area contributed by atoms with Crippen molar-refractivity contribution in [1.29, 1.82) is 0 Å². The molecule has 0 radical (unpaired) electrons. The second-order valence-electron chi connectivity index (χ2n) is 4.83. The first-order valence-corrected chi connectivity index (χ1v) is 6.35. The summed E-state index contributed by atoms with van der Waals surface area (Å²) in [5.41, 5.74) is 1.85. The van der Waals surface area contributed by atoms with Gasteiger partial charge >= 0.3 is 0 Å². The Balaban J connectivity index is 2.28. The molecule has 1 unspecified atom stereocenters. The quantitative estimate of drug-likeness (QED) is 0.860. The van der Waals surface area contributed by atoms with Crippen LogP contribution in [0.3, 0.4) is 0 Å². The Bertz CT molecular complexity index is 432. The van der Waals surface area contributed by atoms with Gasteiger partial charge in [0.25, 0.3) is 0 Å². The molecule has 0 spiro atoms. The number of carbonyl (C=O) groups excluding carboxylic acids is 1. The third-order valence-corrected chi connectivity index (χ3v) is 3.40. The number of aliphatic hydroxyl groups excluding tert-OH is 1. The van der Waals surface area contributed by atoms with E-state index in [1.54, 1.807) is 11.8 Å². The van der Waals surface area contributed by atoms with Gasteiger partial charge in [0.2, 0.25) is 5.91 Å². The normalized spacial score (nSPS) is 18.7. The molecular weight excluding hydrogens is 228 g/mol. The molecule has 1 amide bonds. The Kier molecular flexibility index (Phi) is 3.87. The first kappa shape index (κ1) is 12.9. The van der Waals surface area contributed by atoms with Gasteiger partial charge in [-0.05, 0) is 19.4 Å². The number of nitrogens with zero attached hydrogens (tertiary/aromatic N) is 2. The number of amides is 1. The molecule has 1 aliphatic rings. The molecule has 98 valence electrons. The van der Waals surface area contributed by atoms with E-state index in [4.69, 9.17) is 0 Å². The number of rotatable bonds is 2. The van der Waals surface area contributed by atoms with Crippen LogP contribution in [0.15, 0.2) is 24.3 Å². The van der Waals surface area contributed by atoms with Crippen LogP contribution in [0, 0.1) is 0 Å². The Morgan fingerprint density at radius 3 is 2.72 bits per heavy atom. The number of para-hydroxylation sites is 1. The van der Waals surface area contributed by atoms with Gasteiger partial charge in [0, 0.05) is 31.4 Å². The molecule has 1 atom stereocenters. The van der Waals surface area contributed by atoms with Crippen molar-refractivity contribution in [2.24, 2.45) is 0 Å². The zero-order chi connectivity index (χ0) is 13.1. The summed E-state index contributed by atoms with van der Waals surface area (Å²) in [5, 5.41) is 9.80. The van der Waals surface area contributed by atoms with Crippen LogP contribution in [-0.2, 0) is 4.79 Å². The number of aliphatic hydroxyl groups is 1. The highest BCUT2D eigenvalue weighted by Gasteiger charge is 2.21. The average Bonchev–Trinajstić information content (AvgIpc) is 2.52. The fourth-order valence-electron chi connectivity index (χ4n) is 2.32. The Morgan fingerprint density at radius 2 is 2.00 bits per heavy atom. The van der Waals surface area contributed by atoms with Crippen LogP contribution >= 0.6 is 0 Å². The highest BCUT2D eigenvalue weighted by atomic mass is 16.3. The van der Waals surface area contributed by atoms with Gasteiger partial charge in [0.1, 0.15) is 0 Å². The van der Waals surface area contributed by atoms with Crippen molar-refractivity contribution in [2.45, 2.75) is 19.4 Å². The van der Waals surface area contributed by atoms with Crippen molar-refractivity contribution in [3.63, 3.8) is 0 Å². The molecule has 0 saturated carbocycles. The second-order valence-corrected chi connectivity index (χ2v) is 4.83. The van der Waals surface area contributed by atoms with E-state index in [2.05, 4.69) is 4.90 Å². The highest BCUT2D eigenvalue weighted by Crippen LogP contribution is 2.26. The van der Waals surface area contributed by atoms with Gasteiger partial charge in [-0.3, -0.25) is 4.79 Å². The zero-order valence-electron chi connectivity index (χ0n) is 11.0. The number of hydrogen-bond donors (Lipinski definition) is 1. The van der Waals surface area contributed by atoms with Crippen LogP contribution in [0.4, 0.5) is 5.69 Å². The maximum absolute atomic E-state index is 11.9. The van der Waals surface area contributed by atoms with Gasteiger partial charge in [-0.15, -0.1) is 0 Å². The summed E-state index contributed by atoms with van der Waals surface area (Å²) in [4.78, 5) is 15.7. The van der Waals surface area contributed by atoms with Crippen LogP contribution in [0.2, 0.25) is 0 Å². The van der Waals surface area contributed by atoms with Crippen LogP contribution < -0.4 is 4.90 Å². The largest absolute Gasteiger partial charge is 0.389 e. The molecule has 1 fully saturated rings. The number of hydrogen-bond acceptors (Lipinski definition) is 3. The number of carbonyl (C=O) groups is 1. The molecule has 1 N–H and O–H groups in total. The van der Waals surface area contributed by atoms with E-state index in [-0.39, 0.29) is 5.91 Å². The molecule has 18 heavy (non-hydrogen) atoms. The molecule has 0 bridgehead atoms. The summed E-state index contributed by atoms with van der Waals surface area (Å²) >= 11 is 0. The monoisotopic (exact) mass is 248 g/mol. The minimum atomic E-state index is -0.516. The van der Waals surface area contributed by atoms with Gasteiger partial charge in [-0.2, -0.15) is 0 Å². The van der Waals surface area contributed by atoms with Crippen LogP contribution in [0.25, 0.3) is 0 Å². The van der Waals surface area contributed by atoms with Gasteiger partial charge in [-0.25, -0.2) is 0 Å². The van der Waals surface area contributed by atoms with E-state index >= 15 is 0 Å². The topological polar surface area (TPSA) is 43.8 Å². The van der Waals surface area contributed by atoms with E-state index in [0.29, 0.717) is 6.54 Å². The molecule has 4 heteroatoms. The van der Waals surface area contributed by atoms with Crippen molar-refractivity contribution >= 4 is 11.6 Å². The van der Waals surface area contributed by atoms with E-state index in [1.165, 1.54) is 0 Å². The summed E-state index contributed by atoms with van der Waals surface area (Å²) in [6.45, 7) is 3.79. The van der Waals surface area contributed by atoms with E-state index in [9.17, 15) is 9.90 Å². The van der Waals surface area contributed by atoms with Gasteiger partial charge in [-0.1, -0.05) is 18.2 Å². The second kappa shape index (κ2) is 5.40. The maximum atomic E-state index is 11.9. The van der Waals surface area contributed by atoms with Gasteiger partial charge in [0.05, 0.1) is 12.6 Å². The molecule has 4 nitrogen and oxygen atoms in total. The lowest BCUT2D eigenvalue weighted by Crippen LogP contribution is -2.34. The smallest absolute Gasteiger partial charge is 0.241 e. The number of benzene rings is 1. The molecule has 1 saturated heterocycles. The SMILES string of the molecule is CC(O)c1ccccc1N1CCCN(C)C(=O)C1. The fraction of sp³-hybridized carbons (Fsp3) is 0.500. The van der Waals surface area contributed by atoms with Crippen LogP contribution in [0.5, 0.6) is 0 Å². The Hall–Kier alpha value is -1.55. The van der Waals surface area contributed by atoms with Crippen LogP contribution in [-0.4, -0.2) is 42.6 Å². The highest BCUT2D eigenvalue weighted by molar-refractivity contribution is 5.82. The summed E-state index contributed by atoms with van der Waals surface area (Å²) in [7, 11) is 1.84. The molecular formula is C14H20N2O2. The predicted molar refractivity (Wildman–Crippen MR) is 71.5 cm³/mol. The third kappa shape index (κ3) is 2.64. The molecule has 0 aromatic heterocycles. The molecule has 0 aliphatic carbocycles. The van der Waals surface area contributed by atoms with Crippen molar-refractivity contribution in [1.82, 2.24) is 4.90 Å². The van der Waals surface area contributed by atoms with E-state index in [1.807, 2.05) is 31.3 Å². The first-order chi connectivity index (χ1) is 8.59. The summed E-state index contributed by atoms with van der Waals surface area (Å²) in [6, 6.07) is 7.75. The van der Waals surface area contributed by atoms with Crippen molar-refractivity contribution in [2.75, 3.05) is 31.6 Å². The molecule has 2 rings (SSSR count). The first-order valence-electron chi connectivity index (χ1n) is 6.35. The Morgan fingerprint density at radius 1 is 1.28 bits per heavy atom. The van der Waals surface area contributed by atoms with Crippen molar-refractivity contribution in [3.05, 3.63) is 29.8 Å². The van der Waals surface area contributed by atoms with Gasteiger partial charge in [0.15, 0.2) is 0 Å². The molecule has 1 aliphatic heterocycles. The fourth-order valence-corrected chi connectivity index (χ4v) is 2.32. The average molecular weight is 248 g/mol. The van der Waals surface area contributed by atoms with Crippen LogP contribution in [0.1, 0.15) is 25.0 Å². The molecule has 1 heterocycles. The molecule has 1 aromatic rings. The van der Waals surface area contributed by atoms with Gasteiger partial charge < -0.3 is 14.9 Å². The Labute approximate surface area is 108 Å². The standard InChI is InChI=1S/C14H20N2O2/c1-11(17)12-6-3-4-7-13(12)16-9-5-8-15(2)14(18)10-16/h3-4,6-7,11,17H,5,8-10H2,1-2H3. The van der Waals surface area contributed by atoms with Crippen molar-refractivity contribution in [3.8, 4) is 0 Å². The van der Waals surface area contributed by atoms with E-state index in [0.717, 1.165) is 30.8 Å². The lowest BCUT2D eigenvalue weighted by atomic mass is 10.1. The minimum Gasteiger partial charge on any atom is -0.389 e. The number of anilines is 1.